The Morgan fingerprint density at radius 2 is 1.60 bits per heavy atom. The van der Waals surface area contributed by atoms with Crippen molar-refractivity contribution < 1.29 is 23.9 Å². The second kappa shape index (κ2) is 8.09. The van der Waals surface area contributed by atoms with Crippen LogP contribution < -0.4 is 0 Å². The first-order chi connectivity index (χ1) is 11.8. The maximum absolute atomic E-state index is 11.7. The van der Waals surface area contributed by atoms with Crippen molar-refractivity contribution in [3.8, 4) is 0 Å². The number of aliphatic imine (C=N–C) groups is 1. The SMILES string of the molecule is CC(=O)OC(OC(C)=O)C1=CC(=O)C=CC1=Nc1c(Cl)cccc1Cl. The van der Waals surface area contributed by atoms with Crippen LogP contribution in [0.2, 0.25) is 10.0 Å². The van der Waals surface area contributed by atoms with Crippen molar-refractivity contribution >= 4 is 52.3 Å². The van der Waals surface area contributed by atoms with Gasteiger partial charge in [-0.05, 0) is 30.4 Å². The molecule has 0 unspecified atom stereocenters. The molecule has 0 bridgehead atoms. The van der Waals surface area contributed by atoms with E-state index in [-0.39, 0.29) is 22.8 Å². The van der Waals surface area contributed by atoms with Gasteiger partial charge in [-0.3, -0.25) is 14.4 Å². The van der Waals surface area contributed by atoms with Gasteiger partial charge in [0, 0.05) is 13.8 Å². The van der Waals surface area contributed by atoms with E-state index in [2.05, 4.69) is 4.99 Å². The summed E-state index contributed by atoms with van der Waals surface area (Å²) in [4.78, 5) is 38.7. The average Bonchev–Trinajstić information content (AvgIpc) is 2.50. The fourth-order valence-electron chi connectivity index (χ4n) is 1.99. The molecule has 0 saturated heterocycles. The number of hydrogen-bond acceptors (Lipinski definition) is 6. The van der Waals surface area contributed by atoms with Gasteiger partial charge in [0.05, 0.1) is 21.3 Å². The Labute approximate surface area is 153 Å². The number of ketones is 1. The van der Waals surface area contributed by atoms with Crippen LogP contribution in [0.5, 0.6) is 0 Å². The summed E-state index contributed by atoms with van der Waals surface area (Å²) in [6.45, 7) is 2.30. The zero-order valence-corrected chi connectivity index (χ0v) is 14.8. The van der Waals surface area contributed by atoms with Gasteiger partial charge in [-0.15, -0.1) is 0 Å². The molecule has 8 heteroatoms. The topological polar surface area (TPSA) is 82.0 Å². The smallest absolute Gasteiger partial charge is 0.305 e. The van der Waals surface area contributed by atoms with Crippen LogP contribution in [-0.4, -0.2) is 29.7 Å². The summed E-state index contributed by atoms with van der Waals surface area (Å²) in [5.41, 5.74) is 0.603. The maximum Gasteiger partial charge on any atom is 0.305 e. The van der Waals surface area contributed by atoms with Gasteiger partial charge in [0.2, 0.25) is 0 Å². The molecule has 1 aromatic carbocycles. The molecule has 0 heterocycles. The molecular weight excluding hydrogens is 369 g/mol. The average molecular weight is 382 g/mol. The molecule has 2 rings (SSSR count). The summed E-state index contributed by atoms with van der Waals surface area (Å²) in [5, 5.41) is 0.586. The summed E-state index contributed by atoms with van der Waals surface area (Å²) in [6.07, 6.45) is 2.42. The van der Waals surface area contributed by atoms with E-state index in [4.69, 9.17) is 32.7 Å². The van der Waals surface area contributed by atoms with E-state index in [1.807, 2.05) is 0 Å². The highest BCUT2D eigenvalue weighted by Gasteiger charge is 2.27. The Hall–Kier alpha value is -2.44. The number of nitrogens with zero attached hydrogens (tertiary/aromatic N) is 1. The van der Waals surface area contributed by atoms with Gasteiger partial charge in [0.15, 0.2) is 5.78 Å². The standard InChI is InChI=1S/C17H13Cl2NO5/c1-9(21)24-17(25-10(2)22)12-8-11(23)6-7-15(12)20-16-13(18)4-3-5-14(16)19/h3-8,17H,1-2H3. The van der Waals surface area contributed by atoms with Crippen molar-refractivity contribution in [3.05, 3.63) is 52.0 Å². The minimum Gasteiger partial charge on any atom is -0.421 e. The molecule has 6 nitrogen and oxygen atoms in total. The van der Waals surface area contributed by atoms with Gasteiger partial charge in [0.25, 0.3) is 6.29 Å². The molecule has 0 N–H and O–H groups in total. The Morgan fingerprint density at radius 1 is 1.04 bits per heavy atom. The Morgan fingerprint density at radius 3 is 2.12 bits per heavy atom. The molecule has 0 fully saturated rings. The number of benzene rings is 1. The number of hydrogen-bond donors (Lipinski definition) is 0. The normalized spacial score (nSPS) is 15.3. The molecule has 1 aliphatic rings. The first-order valence-electron chi connectivity index (χ1n) is 7.09. The highest BCUT2D eigenvalue weighted by Crippen LogP contribution is 2.34. The third-order valence-corrected chi connectivity index (χ3v) is 3.58. The first-order valence-corrected chi connectivity index (χ1v) is 7.84. The fourth-order valence-corrected chi connectivity index (χ4v) is 2.47. The van der Waals surface area contributed by atoms with Gasteiger partial charge in [-0.25, -0.2) is 4.99 Å². The van der Waals surface area contributed by atoms with E-state index in [9.17, 15) is 14.4 Å². The van der Waals surface area contributed by atoms with E-state index in [0.717, 1.165) is 13.8 Å². The molecule has 0 saturated carbocycles. The number of ether oxygens (including phenoxy) is 2. The molecule has 0 aliphatic heterocycles. The third kappa shape index (κ3) is 5.01. The zero-order valence-electron chi connectivity index (χ0n) is 13.3. The lowest BCUT2D eigenvalue weighted by atomic mass is 10.0. The van der Waals surface area contributed by atoms with Crippen LogP contribution in [-0.2, 0) is 23.9 Å². The number of carbonyl (C=O) groups is 3. The lowest BCUT2D eigenvalue weighted by Crippen LogP contribution is -2.29. The minimum absolute atomic E-state index is 0.105. The lowest BCUT2D eigenvalue weighted by molar-refractivity contribution is -0.177. The molecule has 1 aliphatic carbocycles. The molecule has 1 aromatic rings. The summed E-state index contributed by atoms with van der Waals surface area (Å²) in [7, 11) is 0. The van der Waals surface area contributed by atoms with Crippen LogP contribution in [0.1, 0.15) is 13.8 Å². The number of allylic oxidation sites excluding steroid dienone is 3. The van der Waals surface area contributed by atoms with Gasteiger partial charge < -0.3 is 9.47 Å². The zero-order chi connectivity index (χ0) is 18.6. The van der Waals surface area contributed by atoms with Crippen molar-refractivity contribution in [2.45, 2.75) is 20.1 Å². The van der Waals surface area contributed by atoms with Crippen LogP contribution in [0.4, 0.5) is 5.69 Å². The van der Waals surface area contributed by atoms with Crippen LogP contribution in [0.3, 0.4) is 0 Å². The van der Waals surface area contributed by atoms with Gasteiger partial charge in [-0.1, -0.05) is 29.3 Å². The Balaban J connectivity index is 2.51. The highest BCUT2D eigenvalue weighted by molar-refractivity contribution is 6.39. The maximum atomic E-state index is 11.7. The molecule has 130 valence electrons. The van der Waals surface area contributed by atoms with Crippen LogP contribution in [0, 0.1) is 0 Å². The fraction of sp³-hybridized carbons (Fsp3) is 0.176. The minimum atomic E-state index is -1.41. The van der Waals surface area contributed by atoms with Crippen molar-refractivity contribution in [2.24, 2.45) is 4.99 Å². The molecule has 0 radical (unpaired) electrons. The number of carbonyl (C=O) groups excluding carboxylic acids is 3. The van der Waals surface area contributed by atoms with Gasteiger partial charge in [-0.2, -0.15) is 0 Å². The number of para-hydroxylation sites is 1. The summed E-state index contributed by atoms with van der Waals surface area (Å²) >= 11 is 12.2. The monoisotopic (exact) mass is 381 g/mol. The number of halogens is 2. The molecule has 0 amide bonds. The highest BCUT2D eigenvalue weighted by atomic mass is 35.5. The number of rotatable bonds is 4. The van der Waals surface area contributed by atoms with E-state index >= 15 is 0 Å². The molecule has 25 heavy (non-hydrogen) atoms. The second-order valence-corrected chi connectivity index (χ2v) is 5.77. The second-order valence-electron chi connectivity index (χ2n) is 4.95. The van der Waals surface area contributed by atoms with E-state index in [0.29, 0.717) is 10.0 Å². The van der Waals surface area contributed by atoms with E-state index in [1.165, 1.54) is 18.2 Å². The molecule has 0 atom stereocenters. The summed E-state index contributed by atoms with van der Waals surface area (Å²) in [5.74, 6) is -1.75. The van der Waals surface area contributed by atoms with E-state index < -0.39 is 18.2 Å². The van der Waals surface area contributed by atoms with Crippen molar-refractivity contribution in [2.75, 3.05) is 0 Å². The van der Waals surface area contributed by atoms with Crippen LogP contribution in [0.25, 0.3) is 0 Å². The Bertz CT molecular complexity index is 790. The quantitative estimate of drug-likeness (QED) is 0.452. The predicted molar refractivity (Wildman–Crippen MR) is 93.1 cm³/mol. The largest absolute Gasteiger partial charge is 0.421 e. The lowest BCUT2D eigenvalue weighted by Gasteiger charge is -2.21. The summed E-state index contributed by atoms with van der Waals surface area (Å²) in [6, 6.07) is 4.86. The third-order valence-electron chi connectivity index (χ3n) is 2.97. The number of esters is 2. The van der Waals surface area contributed by atoms with Crippen molar-refractivity contribution in [1.29, 1.82) is 0 Å². The van der Waals surface area contributed by atoms with Crippen LogP contribution >= 0.6 is 23.2 Å². The van der Waals surface area contributed by atoms with Crippen molar-refractivity contribution in [3.63, 3.8) is 0 Å². The molecular formula is C17H13Cl2NO5. The Kier molecular flexibility index (Phi) is 6.12. The van der Waals surface area contributed by atoms with Crippen LogP contribution in [0.15, 0.2) is 47.0 Å². The van der Waals surface area contributed by atoms with Gasteiger partial charge >= 0.3 is 11.9 Å². The van der Waals surface area contributed by atoms with E-state index in [1.54, 1.807) is 18.2 Å². The summed E-state index contributed by atoms with van der Waals surface area (Å²) < 4.78 is 9.99. The first kappa shape index (κ1) is 18.9. The molecule has 0 spiro atoms. The predicted octanol–water partition coefficient (Wildman–Crippen LogP) is 3.58. The van der Waals surface area contributed by atoms with Gasteiger partial charge in [0.1, 0.15) is 5.69 Å². The van der Waals surface area contributed by atoms with Crippen molar-refractivity contribution in [1.82, 2.24) is 0 Å². The molecule has 0 aromatic heterocycles.